The minimum Gasteiger partial charge on any atom is -0.484 e. The van der Waals surface area contributed by atoms with Gasteiger partial charge in [0.05, 0.1) is 12.1 Å². The van der Waals surface area contributed by atoms with E-state index in [0.717, 1.165) is 5.56 Å². The predicted molar refractivity (Wildman–Crippen MR) is 86.4 cm³/mol. The van der Waals surface area contributed by atoms with Gasteiger partial charge >= 0.3 is 6.18 Å². The van der Waals surface area contributed by atoms with E-state index in [1.807, 2.05) is 0 Å². The molecule has 2 rings (SSSR count). The fourth-order valence-corrected chi connectivity index (χ4v) is 3.04. The van der Waals surface area contributed by atoms with Crippen LogP contribution in [0.3, 0.4) is 0 Å². The van der Waals surface area contributed by atoms with Crippen molar-refractivity contribution in [2.45, 2.75) is 45.1 Å². The van der Waals surface area contributed by atoms with Crippen molar-refractivity contribution in [2.24, 2.45) is 0 Å². The lowest BCUT2D eigenvalue weighted by Gasteiger charge is -2.22. The minimum atomic E-state index is -4.39. The van der Waals surface area contributed by atoms with Crippen LogP contribution in [-0.4, -0.2) is 54.4 Å². The van der Waals surface area contributed by atoms with E-state index in [0.29, 0.717) is 30.6 Å². The molecule has 0 unspecified atom stereocenters. The Morgan fingerprint density at radius 1 is 1.36 bits per heavy atom. The van der Waals surface area contributed by atoms with Crippen LogP contribution < -0.4 is 10.1 Å². The van der Waals surface area contributed by atoms with Gasteiger partial charge in [-0.05, 0) is 37.0 Å². The molecule has 25 heavy (non-hydrogen) atoms. The van der Waals surface area contributed by atoms with Crippen molar-refractivity contribution in [2.75, 3.05) is 20.2 Å². The first-order valence-electron chi connectivity index (χ1n) is 8.03. The van der Waals surface area contributed by atoms with E-state index in [2.05, 4.69) is 5.32 Å². The van der Waals surface area contributed by atoms with Gasteiger partial charge in [0.1, 0.15) is 5.75 Å². The molecule has 140 valence electrons. The summed E-state index contributed by atoms with van der Waals surface area (Å²) in [4.78, 5) is 13.9. The summed E-state index contributed by atoms with van der Waals surface area (Å²) in [5.41, 5.74) is 1.99. The highest BCUT2D eigenvalue weighted by atomic mass is 19.4. The number of hydrogen-bond acceptors (Lipinski definition) is 4. The molecule has 0 spiro atoms. The second-order valence-electron chi connectivity index (χ2n) is 6.51. The number of benzene rings is 1. The number of carbonyl (C=O) groups excluding carboxylic acids is 1. The fraction of sp³-hybridized carbons (Fsp3) is 0.588. The predicted octanol–water partition coefficient (Wildman–Crippen LogP) is 1.93. The number of alkyl halides is 3. The third kappa shape index (κ3) is 5.34. The molecule has 0 radical (unpaired) electrons. The van der Waals surface area contributed by atoms with Gasteiger partial charge in [0, 0.05) is 20.1 Å². The summed E-state index contributed by atoms with van der Waals surface area (Å²) in [7, 11) is 1.66. The van der Waals surface area contributed by atoms with Gasteiger partial charge in [-0.15, -0.1) is 0 Å². The number of aliphatic hydroxyl groups excluding tert-OH is 1. The number of nitrogens with zero attached hydrogens (tertiary/aromatic N) is 1. The smallest absolute Gasteiger partial charge is 0.422 e. The number of nitrogens with one attached hydrogen (secondary N) is 1. The van der Waals surface area contributed by atoms with Crippen LogP contribution in [0.4, 0.5) is 13.2 Å². The molecule has 1 heterocycles. The number of aryl methyl sites for hydroxylation is 2. The van der Waals surface area contributed by atoms with Crippen LogP contribution in [0.5, 0.6) is 5.75 Å². The van der Waals surface area contributed by atoms with E-state index in [1.165, 1.54) is 0 Å². The van der Waals surface area contributed by atoms with Crippen LogP contribution in [0.1, 0.15) is 23.1 Å². The SMILES string of the molecule is Cc1cc(CN(C)C(=O)[C@@H]2C[C@H](O)CN2)cc(C)c1OCC(F)(F)F. The summed E-state index contributed by atoms with van der Waals surface area (Å²) in [5.74, 6) is 0.0971. The third-order valence-electron chi connectivity index (χ3n) is 4.10. The van der Waals surface area contributed by atoms with Crippen molar-refractivity contribution in [1.82, 2.24) is 10.2 Å². The summed E-state index contributed by atoms with van der Waals surface area (Å²) in [5, 5.41) is 12.5. The van der Waals surface area contributed by atoms with Crippen molar-refractivity contribution in [1.29, 1.82) is 0 Å². The van der Waals surface area contributed by atoms with Crippen LogP contribution >= 0.6 is 0 Å². The quantitative estimate of drug-likeness (QED) is 0.842. The van der Waals surface area contributed by atoms with Gasteiger partial charge in [-0.2, -0.15) is 13.2 Å². The average molecular weight is 360 g/mol. The maximum Gasteiger partial charge on any atom is 0.422 e. The molecule has 8 heteroatoms. The lowest BCUT2D eigenvalue weighted by atomic mass is 10.0. The molecule has 5 nitrogen and oxygen atoms in total. The highest BCUT2D eigenvalue weighted by Crippen LogP contribution is 2.27. The van der Waals surface area contributed by atoms with Gasteiger partial charge in [-0.25, -0.2) is 0 Å². The zero-order valence-corrected chi connectivity index (χ0v) is 14.5. The van der Waals surface area contributed by atoms with Crippen molar-refractivity contribution in [3.05, 3.63) is 28.8 Å². The maximum absolute atomic E-state index is 12.3. The number of hydrogen-bond donors (Lipinski definition) is 2. The summed E-state index contributed by atoms with van der Waals surface area (Å²) in [6, 6.07) is 3.04. The first-order valence-corrected chi connectivity index (χ1v) is 8.03. The highest BCUT2D eigenvalue weighted by molar-refractivity contribution is 5.82. The minimum absolute atomic E-state index is 0.121. The van der Waals surface area contributed by atoms with Gasteiger partial charge in [-0.3, -0.25) is 4.79 Å². The molecule has 2 atom stereocenters. The van der Waals surface area contributed by atoms with E-state index in [4.69, 9.17) is 4.74 Å². The Labute approximate surface area is 144 Å². The molecule has 0 aliphatic carbocycles. The number of likely N-dealkylation sites (N-methyl/N-ethyl adjacent to an activating group) is 1. The molecule has 1 amide bonds. The van der Waals surface area contributed by atoms with Crippen molar-refractivity contribution in [3.8, 4) is 5.75 Å². The average Bonchev–Trinajstić information content (AvgIpc) is 2.90. The molecule has 2 N–H and O–H groups in total. The van der Waals surface area contributed by atoms with Gasteiger partial charge in [0.25, 0.3) is 0 Å². The Hall–Kier alpha value is -1.80. The molecule has 1 fully saturated rings. The molecule has 0 bridgehead atoms. The van der Waals surface area contributed by atoms with Gasteiger partial charge in [0.2, 0.25) is 5.91 Å². The largest absolute Gasteiger partial charge is 0.484 e. The Balaban J connectivity index is 2.04. The summed E-state index contributed by atoms with van der Waals surface area (Å²) >= 11 is 0. The Bertz CT molecular complexity index is 611. The molecule has 0 aromatic heterocycles. The van der Waals surface area contributed by atoms with E-state index in [9.17, 15) is 23.1 Å². The fourth-order valence-electron chi connectivity index (χ4n) is 3.04. The summed E-state index contributed by atoms with van der Waals surface area (Å²) in [6.45, 7) is 2.75. The number of aliphatic hydroxyl groups is 1. The molecule has 1 aromatic carbocycles. The van der Waals surface area contributed by atoms with Gasteiger partial charge in [-0.1, -0.05) is 12.1 Å². The first kappa shape index (κ1) is 19.5. The number of β-amino-alcohol motifs (C(OH)–C–C–N with tert-alkyl or cyclic N) is 1. The molecule has 1 aliphatic rings. The first-order chi connectivity index (χ1) is 11.6. The molecular weight excluding hydrogens is 337 g/mol. The van der Waals surface area contributed by atoms with Crippen LogP contribution in [-0.2, 0) is 11.3 Å². The molecular formula is C17H23F3N2O3. The molecule has 0 saturated carbocycles. The van der Waals surface area contributed by atoms with Gasteiger partial charge in [0.15, 0.2) is 6.61 Å². The molecule has 1 saturated heterocycles. The van der Waals surface area contributed by atoms with Gasteiger partial charge < -0.3 is 20.1 Å². The molecule has 1 aliphatic heterocycles. The number of rotatable bonds is 5. The van der Waals surface area contributed by atoms with E-state index < -0.39 is 24.9 Å². The van der Waals surface area contributed by atoms with Crippen molar-refractivity contribution >= 4 is 5.91 Å². The Morgan fingerprint density at radius 2 is 1.96 bits per heavy atom. The summed E-state index contributed by atoms with van der Waals surface area (Å²) < 4.78 is 41.9. The summed E-state index contributed by atoms with van der Waals surface area (Å²) in [6.07, 6.45) is -4.52. The zero-order chi connectivity index (χ0) is 18.8. The second-order valence-corrected chi connectivity index (χ2v) is 6.51. The van der Waals surface area contributed by atoms with E-state index >= 15 is 0 Å². The molecule has 1 aromatic rings. The van der Waals surface area contributed by atoms with E-state index in [-0.39, 0.29) is 11.7 Å². The standard InChI is InChI=1S/C17H23F3N2O3/c1-10-4-12(5-11(2)15(10)25-9-17(18,19)20)8-22(3)16(24)14-6-13(23)7-21-14/h4-5,13-14,21,23H,6-9H2,1-3H3/t13-,14-/m0/s1. The normalized spacial score (nSPS) is 20.6. The third-order valence-corrected chi connectivity index (χ3v) is 4.10. The number of carbonyl (C=O) groups is 1. The lowest BCUT2D eigenvalue weighted by Crippen LogP contribution is -2.41. The number of ether oxygens (including phenoxy) is 1. The van der Waals surface area contributed by atoms with Crippen LogP contribution in [0, 0.1) is 13.8 Å². The van der Waals surface area contributed by atoms with Crippen LogP contribution in [0.15, 0.2) is 12.1 Å². The van der Waals surface area contributed by atoms with Crippen LogP contribution in [0.2, 0.25) is 0 Å². The maximum atomic E-state index is 12.3. The lowest BCUT2D eigenvalue weighted by molar-refractivity contribution is -0.153. The van der Waals surface area contributed by atoms with E-state index in [1.54, 1.807) is 37.9 Å². The van der Waals surface area contributed by atoms with Crippen LogP contribution in [0.25, 0.3) is 0 Å². The number of amides is 1. The zero-order valence-electron chi connectivity index (χ0n) is 14.5. The van der Waals surface area contributed by atoms with Crippen molar-refractivity contribution < 1.29 is 27.8 Å². The Morgan fingerprint density at radius 3 is 2.44 bits per heavy atom. The van der Waals surface area contributed by atoms with Crippen molar-refractivity contribution in [3.63, 3.8) is 0 Å². The second kappa shape index (κ2) is 7.61. The number of halogens is 3. The monoisotopic (exact) mass is 360 g/mol. The highest BCUT2D eigenvalue weighted by Gasteiger charge is 2.30. The topological polar surface area (TPSA) is 61.8 Å². The Kier molecular flexibility index (Phi) is 5.95.